The number of carbonyl (C=O) groups is 1. The molecule has 1 atom stereocenters. The molecule has 1 aromatic carbocycles. The molecule has 1 aliphatic carbocycles. The number of benzene rings is 1. The number of methoxy groups -OCH3 is 2. The van der Waals surface area contributed by atoms with Gasteiger partial charge in [-0.1, -0.05) is 12.1 Å². The van der Waals surface area contributed by atoms with Gasteiger partial charge in [-0.25, -0.2) is 4.79 Å². The summed E-state index contributed by atoms with van der Waals surface area (Å²) >= 11 is 0. The van der Waals surface area contributed by atoms with Crippen LogP contribution in [0.4, 0.5) is 0 Å². The number of ether oxygens (including phenoxy) is 2. The molecule has 0 saturated carbocycles. The molecule has 1 aromatic rings. The average Bonchev–Trinajstić information content (AvgIpc) is 2.67. The molecule has 0 amide bonds. The van der Waals surface area contributed by atoms with Crippen LogP contribution in [0, 0.1) is 0 Å². The van der Waals surface area contributed by atoms with Gasteiger partial charge in [-0.2, -0.15) is 0 Å². The fourth-order valence-electron chi connectivity index (χ4n) is 2.28. The van der Waals surface area contributed by atoms with Gasteiger partial charge in [0.2, 0.25) is 0 Å². The molecule has 1 aliphatic rings. The predicted octanol–water partition coefficient (Wildman–Crippen LogP) is 0.968. The van der Waals surface area contributed by atoms with Crippen molar-refractivity contribution in [3.05, 3.63) is 29.3 Å². The van der Waals surface area contributed by atoms with Crippen molar-refractivity contribution in [1.29, 1.82) is 0 Å². The molecule has 0 aliphatic heterocycles. The molecule has 0 heterocycles. The second-order valence-corrected chi connectivity index (χ2v) is 3.95. The third-order valence-electron chi connectivity index (χ3n) is 3.15. The van der Waals surface area contributed by atoms with Crippen molar-refractivity contribution in [1.82, 2.24) is 0 Å². The first kappa shape index (κ1) is 11.0. The van der Waals surface area contributed by atoms with Gasteiger partial charge in [0, 0.05) is 0 Å². The topological polar surface area (TPSA) is 61.5 Å². The normalized spacial score (nSPS) is 22.7. The summed E-state index contributed by atoms with van der Waals surface area (Å²) in [5.41, 5.74) is 6.93. The lowest BCUT2D eigenvalue weighted by Crippen LogP contribution is -2.43. The third kappa shape index (κ3) is 1.38. The fourth-order valence-corrected chi connectivity index (χ4v) is 2.28. The number of hydrogen-bond donors (Lipinski definition) is 1. The highest BCUT2D eigenvalue weighted by molar-refractivity contribution is 5.84. The van der Waals surface area contributed by atoms with Crippen LogP contribution < -0.4 is 10.5 Å². The SMILES string of the molecule is COC(=O)C1(N)CCc2c(OC)cccc21. The van der Waals surface area contributed by atoms with E-state index < -0.39 is 5.54 Å². The first-order valence-corrected chi connectivity index (χ1v) is 5.17. The summed E-state index contributed by atoms with van der Waals surface area (Å²) < 4.78 is 10.0. The molecular formula is C12H15NO3. The molecule has 0 spiro atoms. The Hall–Kier alpha value is -1.55. The second kappa shape index (κ2) is 3.79. The van der Waals surface area contributed by atoms with Gasteiger partial charge in [-0.15, -0.1) is 0 Å². The first-order chi connectivity index (χ1) is 7.63. The summed E-state index contributed by atoms with van der Waals surface area (Å²) in [7, 11) is 2.97. The number of carbonyl (C=O) groups excluding carboxylic acids is 1. The average molecular weight is 221 g/mol. The van der Waals surface area contributed by atoms with Gasteiger partial charge in [-0.05, 0) is 30.0 Å². The van der Waals surface area contributed by atoms with E-state index >= 15 is 0 Å². The van der Waals surface area contributed by atoms with Crippen molar-refractivity contribution in [2.24, 2.45) is 5.73 Å². The van der Waals surface area contributed by atoms with Crippen LogP contribution in [-0.4, -0.2) is 20.2 Å². The summed E-state index contributed by atoms with van der Waals surface area (Å²) in [5, 5.41) is 0. The largest absolute Gasteiger partial charge is 0.496 e. The molecule has 86 valence electrons. The van der Waals surface area contributed by atoms with Crippen molar-refractivity contribution in [3.63, 3.8) is 0 Å². The quantitative estimate of drug-likeness (QED) is 0.756. The Balaban J connectivity index is 2.51. The molecule has 1 unspecified atom stereocenters. The molecule has 2 N–H and O–H groups in total. The second-order valence-electron chi connectivity index (χ2n) is 3.95. The maximum Gasteiger partial charge on any atom is 0.330 e. The predicted molar refractivity (Wildman–Crippen MR) is 59.2 cm³/mol. The van der Waals surface area contributed by atoms with Crippen LogP contribution in [0.2, 0.25) is 0 Å². The number of esters is 1. The Morgan fingerprint density at radius 2 is 2.19 bits per heavy atom. The van der Waals surface area contributed by atoms with Gasteiger partial charge < -0.3 is 15.2 Å². The highest BCUT2D eigenvalue weighted by Gasteiger charge is 2.43. The lowest BCUT2D eigenvalue weighted by atomic mass is 9.93. The Morgan fingerprint density at radius 3 is 2.81 bits per heavy atom. The zero-order valence-corrected chi connectivity index (χ0v) is 9.45. The van der Waals surface area contributed by atoms with E-state index in [4.69, 9.17) is 15.2 Å². The Kier molecular flexibility index (Phi) is 2.59. The maximum atomic E-state index is 11.7. The summed E-state index contributed by atoms with van der Waals surface area (Å²) in [5.74, 6) is 0.397. The number of rotatable bonds is 2. The van der Waals surface area contributed by atoms with Gasteiger partial charge >= 0.3 is 5.97 Å². The Labute approximate surface area is 94.3 Å². The molecular weight excluding hydrogens is 206 g/mol. The molecule has 0 radical (unpaired) electrons. The smallest absolute Gasteiger partial charge is 0.330 e. The monoisotopic (exact) mass is 221 g/mol. The van der Waals surface area contributed by atoms with E-state index in [1.54, 1.807) is 7.11 Å². The van der Waals surface area contributed by atoms with Crippen LogP contribution in [0.25, 0.3) is 0 Å². The van der Waals surface area contributed by atoms with Gasteiger partial charge in [0.15, 0.2) is 0 Å². The summed E-state index contributed by atoms with van der Waals surface area (Å²) in [6.45, 7) is 0. The van der Waals surface area contributed by atoms with Crippen LogP contribution in [0.15, 0.2) is 18.2 Å². The van der Waals surface area contributed by atoms with E-state index in [0.717, 1.165) is 23.3 Å². The van der Waals surface area contributed by atoms with E-state index in [1.807, 2.05) is 18.2 Å². The zero-order chi connectivity index (χ0) is 11.8. The van der Waals surface area contributed by atoms with Crippen LogP contribution in [-0.2, 0) is 21.5 Å². The van der Waals surface area contributed by atoms with E-state index in [9.17, 15) is 4.79 Å². The van der Waals surface area contributed by atoms with E-state index in [-0.39, 0.29) is 5.97 Å². The highest BCUT2D eigenvalue weighted by Crippen LogP contribution is 2.40. The van der Waals surface area contributed by atoms with Gasteiger partial charge in [-0.3, -0.25) is 0 Å². The fraction of sp³-hybridized carbons (Fsp3) is 0.417. The van der Waals surface area contributed by atoms with Crippen molar-refractivity contribution >= 4 is 5.97 Å². The molecule has 0 saturated heterocycles. The molecule has 16 heavy (non-hydrogen) atoms. The lowest BCUT2D eigenvalue weighted by Gasteiger charge is -2.22. The summed E-state index contributed by atoms with van der Waals surface area (Å²) in [6.07, 6.45) is 1.31. The molecule has 0 fully saturated rings. The first-order valence-electron chi connectivity index (χ1n) is 5.17. The Bertz CT molecular complexity index is 430. The van der Waals surface area contributed by atoms with Crippen molar-refractivity contribution < 1.29 is 14.3 Å². The third-order valence-corrected chi connectivity index (χ3v) is 3.15. The Morgan fingerprint density at radius 1 is 1.44 bits per heavy atom. The number of fused-ring (bicyclic) bond motifs is 1. The number of nitrogens with two attached hydrogens (primary N) is 1. The molecule has 0 bridgehead atoms. The number of hydrogen-bond acceptors (Lipinski definition) is 4. The minimum atomic E-state index is -1.02. The standard InChI is InChI=1S/C12H15NO3/c1-15-10-5-3-4-9-8(10)6-7-12(9,13)11(14)16-2/h3-5H,6-7,13H2,1-2H3. The van der Waals surface area contributed by atoms with Gasteiger partial charge in [0.25, 0.3) is 0 Å². The zero-order valence-electron chi connectivity index (χ0n) is 9.45. The van der Waals surface area contributed by atoms with E-state index in [2.05, 4.69) is 0 Å². The molecule has 0 aromatic heterocycles. The summed E-state index contributed by atoms with van der Waals surface area (Å²) in [4.78, 5) is 11.7. The summed E-state index contributed by atoms with van der Waals surface area (Å²) in [6, 6.07) is 5.58. The van der Waals surface area contributed by atoms with Gasteiger partial charge in [0.05, 0.1) is 14.2 Å². The minimum Gasteiger partial charge on any atom is -0.496 e. The molecule has 4 nitrogen and oxygen atoms in total. The van der Waals surface area contributed by atoms with Crippen molar-refractivity contribution in [2.45, 2.75) is 18.4 Å². The van der Waals surface area contributed by atoms with Gasteiger partial charge in [0.1, 0.15) is 11.3 Å². The maximum absolute atomic E-state index is 11.7. The highest BCUT2D eigenvalue weighted by atomic mass is 16.5. The minimum absolute atomic E-state index is 0.389. The molecule has 2 rings (SSSR count). The van der Waals surface area contributed by atoms with Crippen molar-refractivity contribution in [2.75, 3.05) is 14.2 Å². The lowest BCUT2D eigenvalue weighted by molar-refractivity contribution is -0.147. The molecule has 4 heteroatoms. The van der Waals surface area contributed by atoms with Crippen molar-refractivity contribution in [3.8, 4) is 5.75 Å². The van der Waals surface area contributed by atoms with Crippen LogP contribution >= 0.6 is 0 Å². The van der Waals surface area contributed by atoms with E-state index in [1.165, 1.54) is 7.11 Å². The van der Waals surface area contributed by atoms with Crippen LogP contribution in [0.1, 0.15) is 17.5 Å². The van der Waals surface area contributed by atoms with E-state index in [0.29, 0.717) is 6.42 Å². The van der Waals surface area contributed by atoms with Crippen LogP contribution in [0.5, 0.6) is 5.75 Å². The van der Waals surface area contributed by atoms with Crippen LogP contribution in [0.3, 0.4) is 0 Å².